The van der Waals surface area contributed by atoms with Crippen LogP contribution in [0.3, 0.4) is 0 Å². The van der Waals surface area contributed by atoms with Gasteiger partial charge in [0.25, 0.3) is 0 Å². The number of hydrogen-bond donors (Lipinski definition) is 1. The van der Waals surface area contributed by atoms with Gasteiger partial charge in [-0.1, -0.05) is 109 Å². The molecule has 10 heteroatoms. The summed E-state index contributed by atoms with van der Waals surface area (Å²) in [5.41, 5.74) is 0.832. The predicted molar refractivity (Wildman–Crippen MR) is 170 cm³/mol. The van der Waals surface area contributed by atoms with E-state index in [1.165, 1.54) is 96.8 Å². The van der Waals surface area contributed by atoms with Gasteiger partial charge in [0.15, 0.2) is 6.20 Å². The van der Waals surface area contributed by atoms with Gasteiger partial charge in [-0.05, 0) is 13.3 Å². The van der Waals surface area contributed by atoms with E-state index in [-0.39, 0.29) is 56.9 Å². The number of carbonyl (C=O) groups excluding carboxylic acids is 3. The molecule has 0 bridgehead atoms. The zero-order valence-corrected chi connectivity index (χ0v) is 30.0. The molecule has 0 aliphatic carbocycles. The summed E-state index contributed by atoms with van der Waals surface area (Å²) in [5, 5.41) is 2.78. The summed E-state index contributed by atoms with van der Waals surface area (Å²) in [7, 11) is 0. The molecule has 1 rings (SSSR count). The predicted octanol–water partition coefficient (Wildman–Crippen LogP) is 4.49. The van der Waals surface area contributed by atoms with Crippen LogP contribution in [0.4, 0.5) is 9.59 Å². The molecule has 0 spiro atoms. The van der Waals surface area contributed by atoms with Gasteiger partial charge in [0.2, 0.25) is 11.6 Å². The smallest absolute Gasteiger partial charge is 0.417 e. The number of carbonyl (C=O) groups is 3. The van der Waals surface area contributed by atoms with E-state index in [1.807, 2.05) is 35.9 Å². The highest BCUT2D eigenvalue weighted by Gasteiger charge is 2.23. The molecule has 44 heavy (non-hydrogen) atoms. The fraction of sp³-hybridized carbons (Fsp3) is 0.765. The molecule has 0 aliphatic rings. The highest BCUT2D eigenvalue weighted by Crippen LogP contribution is 2.13. The second-order valence-electron chi connectivity index (χ2n) is 11.2. The molecule has 0 fully saturated rings. The highest BCUT2D eigenvalue weighted by molar-refractivity contribution is 5.90. The van der Waals surface area contributed by atoms with E-state index in [0.717, 1.165) is 30.0 Å². The first-order chi connectivity index (χ1) is 21.0. The van der Waals surface area contributed by atoms with Gasteiger partial charge >= 0.3 is 12.2 Å². The van der Waals surface area contributed by atoms with E-state index < -0.39 is 18.1 Å². The van der Waals surface area contributed by atoms with Crippen molar-refractivity contribution in [1.82, 2.24) is 10.2 Å². The van der Waals surface area contributed by atoms with E-state index in [4.69, 9.17) is 14.2 Å². The third-order valence-corrected chi connectivity index (χ3v) is 7.51. The van der Waals surface area contributed by atoms with Crippen molar-refractivity contribution in [2.75, 3.05) is 33.0 Å². The molecule has 3 amide bonds. The van der Waals surface area contributed by atoms with Crippen molar-refractivity contribution in [3.63, 3.8) is 0 Å². The summed E-state index contributed by atoms with van der Waals surface area (Å²) < 4.78 is 17.7. The molecule has 0 atom stereocenters. The number of aromatic nitrogens is 1. The number of halogens is 1. The van der Waals surface area contributed by atoms with Crippen LogP contribution < -0.4 is 33.9 Å². The second-order valence-corrected chi connectivity index (χ2v) is 11.2. The minimum atomic E-state index is -0.715. The van der Waals surface area contributed by atoms with Crippen molar-refractivity contribution in [2.24, 2.45) is 0 Å². The van der Waals surface area contributed by atoms with Gasteiger partial charge in [0.05, 0.1) is 13.2 Å². The van der Waals surface area contributed by atoms with E-state index in [9.17, 15) is 14.4 Å². The third-order valence-electron chi connectivity index (χ3n) is 7.51. The highest BCUT2D eigenvalue weighted by atomic mass is 127. The zero-order valence-electron chi connectivity index (χ0n) is 27.8. The Kier molecular flexibility index (Phi) is 28.4. The Labute approximate surface area is 284 Å². The Bertz CT molecular complexity index is 873. The second kappa shape index (κ2) is 29.7. The Balaban J connectivity index is 0.0000185. The van der Waals surface area contributed by atoms with Crippen molar-refractivity contribution in [3.8, 4) is 0 Å². The maximum absolute atomic E-state index is 12.4. The van der Waals surface area contributed by atoms with Crippen molar-refractivity contribution in [1.29, 1.82) is 0 Å². The minimum Gasteiger partial charge on any atom is -1.00 e. The van der Waals surface area contributed by atoms with Crippen molar-refractivity contribution in [2.45, 2.75) is 137 Å². The van der Waals surface area contributed by atoms with Crippen LogP contribution in [-0.2, 0) is 32.1 Å². The summed E-state index contributed by atoms with van der Waals surface area (Å²) in [5.74, 6) is -0.392. The van der Waals surface area contributed by atoms with Crippen LogP contribution >= 0.6 is 0 Å². The number of unbranched alkanes of at least 4 members (excludes halogenated alkanes) is 15. The number of aryl methyl sites for hydroxylation is 1. The summed E-state index contributed by atoms with van der Waals surface area (Å²) in [6, 6.07) is 5.63. The first-order valence-electron chi connectivity index (χ1n) is 16.9. The lowest BCUT2D eigenvalue weighted by Crippen LogP contribution is -3.00. The van der Waals surface area contributed by atoms with Crippen molar-refractivity contribution in [3.05, 3.63) is 30.1 Å². The lowest BCUT2D eigenvalue weighted by molar-refractivity contribution is -0.701. The molecule has 0 unspecified atom stereocenters. The number of rotatable bonds is 26. The maximum atomic E-state index is 12.4. The van der Waals surface area contributed by atoms with Gasteiger partial charge in [0, 0.05) is 25.6 Å². The number of ether oxygens (including phenoxy) is 3. The van der Waals surface area contributed by atoms with Gasteiger partial charge in [0.1, 0.15) is 26.3 Å². The maximum Gasteiger partial charge on any atom is 0.417 e. The average molecular weight is 734 g/mol. The molecule has 0 radical (unpaired) electrons. The van der Waals surface area contributed by atoms with E-state index in [1.54, 1.807) is 0 Å². The molecular weight excluding hydrogens is 673 g/mol. The summed E-state index contributed by atoms with van der Waals surface area (Å²) in [4.78, 5) is 37.3. The number of nitrogens with zero attached hydrogens (tertiary/aromatic N) is 2. The fourth-order valence-electron chi connectivity index (χ4n) is 4.91. The van der Waals surface area contributed by atoms with Crippen LogP contribution in [-0.4, -0.2) is 56.0 Å². The number of amides is 3. The van der Waals surface area contributed by atoms with E-state index in [2.05, 4.69) is 12.2 Å². The summed E-state index contributed by atoms with van der Waals surface area (Å²) >= 11 is 0. The molecule has 0 aromatic carbocycles. The zero-order chi connectivity index (χ0) is 31.4. The number of imide groups is 1. The molecule has 1 aromatic rings. The monoisotopic (exact) mass is 733 g/mol. The molecule has 1 aromatic heterocycles. The van der Waals surface area contributed by atoms with Crippen molar-refractivity contribution >= 4 is 18.1 Å². The quantitative estimate of drug-likeness (QED) is 0.0858. The first kappa shape index (κ1) is 42.0. The van der Waals surface area contributed by atoms with Crippen LogP contribution in [0.25, 0.3) is 0 Å². The first-order valence-corrected chi connectivity index (χ1v) is 16.9. The number of nitrogens with one attached hydrogen (secondary N) is 1. The SMILES string of the molecule is CCCCCCCCCCCCCCCCCCNC(=O)OCCOCCOC(=O)N(Cc1cccc[n+]1CC)C(C)=O.[I-]. The summed E-state index contributed by atoms with van der Waals surface area (Å²) in [6.07, 6.45) is 21.9. The van der Waals surface area contributed by atoms with E-state index >= 15 is 0 Å². The average Bonchev–Trinajstić information content (AvgIpc) is 3.00. The molecule has 0 saturated heterocycles. The van der Waals surface area contributed by atoms with Gasteiger partial charge in [-0.15, -0.1) is 0 Å². The minimum absolute atomic E-state index is 0. The Morgan fingerprint density at radius 3 is 1.77 bits per heavy atom. The van der Waals surface area contributed by atoms with Crippen LogP contribution in [0.5, 0.6) is 0 Å². The normalized spacial score (nSPS) is 10.6. The lowest BCUT2D eigenvalue weighted by atomic mass is 10.0. The number of pyridine rings is 1. The van der Waals surface area contributed by atoms with E-state index in [0.29, 0.717) is 6.54 Å². The third kappa shape index (κ3) is 22.5. The molecule has 9 nitrogen and oxygen atoms in total. The van der Waals surface area contributed by atoms with Crippen LogP contribution in [0.15, 0.2) is 24.4 Å². The Morgan fingerprint density at radius 1 is 0.727 bits per heavy atom. The molecule has 1 heterocycles. The number of alkyl carbamates (subject to hydrolysis) is 1. The summed E-state index contributed by atoms with van der Waals surface area (Å²) in [6.45, 7) is 7.51. The molecular formula is C34H60IN3O6. The van der Waals surface area contributed by atoms with Gasteiger partial charge < -0.3 is 43.5 Å². The fourth-order valence-corrected chi connectivity index (χ4v) is 4.91. The van der Waals surface area contributed by atoms with Gasteiger partial charge in [-0.25, -0.2) is 19.1 Å². The Hall–Kier alpha value is -1.95. The van der Waals surface area contributed by atoms with Crippen LogP contribution in [0.1, 0.15) is 129 Å². The number of hydrogen-bond acceptors (Lipinski definition) is 6. The Morgan fingerprint density at radius 2 is 1.25 bits per heavy atom. The standard InChI is InChI=1S/C34H59N3O6.HI/c1-4-6-7-8-9-10-11-12-13-14-15-16-17-18-19-21-24-35-33(39)42-28-26-41-27-29-43-34(40)37(31(3)38)30-32-23-20-22-25-36(32)5-2;/h20,22-23,25H,4-19,21,24,26-30H2,1-3H3;1H. The van der Waals surface area contributed by atoms with Gasteiger partial charge in [-0.2, -0.15) is 0 Å². The van der Waals surface area contributed by atoms with Crippen LogP contribution in [0.2, 0.25) is 0 Å². The van der Waals surface area contributed by atoms with Gasteiger partial charge in [-0.3, -0.25) is 4.79 Å². The molecule has 254 valence electrons. The lowest BCUT2D eigenvalue weighted by Gasteiger charge is -2.17. The van der Waals surface area contributed by atoms with Crippen LogP contribution in [0, 0.1) is 0 Å². The molecule has 1 N–H and O–H groups in total. The molecule has 0 aliphatic heterocycles. The topological polar surface area (TPSA) is 98.1 Å². The van der Waals surface area contributed by atoms with Crippen molar-refractivity contribution < 1.29 is 57.1 Å². The molecule has 0 saturated carbocycles. The largest absolute Gasteiger partial charge is 1.00 e.